The smallest absolute Gasteiger partial charge is 0.251 e. The zero-order valence-corrected chi connectivity index (χ0v) is 11.6. The van der Waals surface area contributed by atoms with Crippen molar-refractivity contribution in [3.05, 3.63) is 29.8 Å². The Morgan fingerprint density at radius 1 is 1.40 bits per heavy atom. The molecule has 3 N–H and O–H groups in total. The first-order valence-corrected chi connectivity index (χ1v) is 7.42. The minimum atomic E-state index is -3.72. The van der Waals surface area contributed by atoms with Crippen LogP contribution in [0.4, 0.5) is 0 Å². The molecule has 0 radical (unpaired) electrons. The summed E-state index contributed by atoms with van der Waals surface area (Å²) in [4.78, 5) is 11.7. The van der Waals surface area contributed by atoms with Gasteiger partial charge in [-0.25, -0.2) is 8.42 Å². The third kappa shape index (κ3) is 4.66. The summed E-state index contributed by atoms with van der Waals surface area (Å²) in [5.74, 6) is 1.78. The van der Waals surface area contributed by atoms with Gasteiger partial charge in [-0.05, 0) is 24.6 Å². The molecular weight excluding hydrogens is 280 g/mol. The third-order valence-corrected chi connectivity index (χ3v) is 3.79. The second kappa shape index (κ2) is 7.65. The summed E-state index contributed by atoms with van der Waals surface area (Å²) in [5.41, 5.74) is 0.228. The number of hydrogen-bond donors (Lipinski definition) is 3. The van der Waals surface area contributed by atoms with Crippen LogP contribution in [-0.2, 0) is 10.0 Å². The normalized spacial score (nSPS) is 10.8. The Morgan fingerprint density at radius 3 is 2.80 bits per heavy atom. The molecular formula is C13H16N2O4S. The fourth-order valence-electron chi connectivity index (χ4n) is 1.41. The lowest BCUT2D eigenvalue weighted by molar-refractivity contribution is 0.0951. The molecule has 0 saturated carbocycles. The molecule has 0 aromatic heterocycles. The largest absolute Gasteiger partial charge is 0.396 e. The number of benzene rings is 1. The van der Waals surface area contributed by atoms with Crippen LogP contribution in [0, 0.1) is 12.3 Å². The lowest BCUT2D eigenvalue weighted by Gasteiger charge is -2.07. The molecule has 1 aromatic carbocycles. The van der Waals surface area contributed by atoms with Gasteiger partial charge in [0.15, 0.2) is 0 Å². The van der Waals surface area contributed by atoms with Gasteiger partial charge in [-0.3, -0.25) is 4.79 Å². The minimum absolute atomic E-state index is 0.0231. The van der Waals surface area contributed by atoms with Crippen LogP contribution in [0.5, 0.6) is 0 Å². The van der Waals surface area contributed by atoms with Crippen molar-refractivity contribution < 1.29 is 18.3 Å². The SMILES string of the molecule is C#CCNS(=O)(=O)c1cccc(C(=O)NCCCO)c1. The molecule has 20 heavy (non-hydrogen) atoms. The third-order valence-electron chi connectivity index (χ3n) is 2.39. The second-order valence-corrected chi connectivity index (χ2v) is 5.66. The molecule has 0 aliphatic heterocycles. The van der Waals surface area contributed by atoms with E-state index in [2.05, 4.69) is 16.0 Å². The van der Waals surface area contributed by atoms with E-state index in [4.69, 9.17) is 11.5 Å². The van der Waals surface area contributed by atoms with Crippen LogP contribution in [0.2, 0.25) is 0 Å². The van der Waals surface area contributed by atoms with Crippen LogP contribution in [0.3, 0.4) is 0 Å². The van der Waals surface area contributed by atoms with E-state index in [0.29, 0.717) is 13.0 Å². The van der Waals surface area contributed by atoms with Gasteiger partial charge in [0.1, 0.15) is 0 Å². The van der Waals surface area contributed by atoms with Crippen LogP contribution in [0.15, 0.2) is 29.2 Å². The molecule has 0 spiro atoms. The molecule has 0 saturated heterocycles. The Balaban J connectivity index is 2.85. The Hall–Kier alpha value is -1.88. The lowest BCUT2D eigenvalue weighted by Crippen LogP contribution is -2.26. The number of rotatable bonds is 7. The van der Waals surface area contributed by atoms with Crippen molar-refractivity contribution in [3.8, 4) is 12.3 Å². The van der Waals surface area contributed by atoms with Crippen LogP contribution in [0.25, 0.3) is 0 Å². The number of hydrogen-bond acceptors (Lipinski definition) is 4. The maximum Gasteiger partial charge on any atom is 0.251 e. The summed E-state index contributed by atoms with van der Waals surface area (Å²) >= 11 is 0. The predicted octanol–water partition coefficient (Wildman–Crippen LogP) is -0.290. The van der Waals surface area contributed by atoms with Gasteiger partial charge in [0, 0.05) is 18.7 Å². The first-order chi connectivity index (χ1) is 9.51. The highest BCUT2D eigenvalue weighted by molar-refractivity contribution is 7.89. The van der Waals surface area contributed by atoms with Crippen molar-refractivity contribution in [1.82, 2.24) is 10.0 Å². The zero-order chi connectivity index (χ0) is 15.0. The number of amides is 1. The molecule has 108 valence electrons. The van der Waals surface area contributed by atoms with E-state index >= 15 is 0 Å². The van der Waals surface area contributed by atoms with Gasteiger partial charge in [0.05, 0.1) is 11.4 Å². The standard InChI is InChI=1S/C13H16N2O4S/c1-2-7-15-20(18,19)12-6-3-5-11(10-12)13(17)14-8-4-9-16/h1,3,5-6,10,15-16H,4,7-9H2,(H,14,17). The summed E-state index contributed by atoms with van der Waals surface area (Å²) in [6.07, 6.45) is 5.44. The summed E-state index contributed by atoms with van der Waals surface area (Å²) in [7, 11) is -3.72. The van der Waals surface area contributed by atoms with Gasteiger partial charge in [0.25, 0.3) is 5.91 Å². The van der Waals surface area contributed by atoms with Gasteiger partial charge >= 0.3 is 0 Å². The maximum absolute atomic E-state index is 11.9. The van der Waals surface area contributed by atoms with Gasteiger partial charge < -0.3 is 10.4 Å². The van der Waals surface area contributed by atoms with E-state index in [-0.39, 0.29) is 23.6 Å². The topological polar surface area (TPSA) is 95.5 Å². The average Bonchev–Trinajstić information content (AvgIpc) is 2.45. The van der Waals surface area contributed by atoms with Crippen LogP contribution in [0.1, 0.15) is 16.8 Å². The van der Waals surface area contributed by atoms with E-state index in [1.165, 1.54) is 24.3 Å². The number of aliphatic hydroxyl groups is 1. The second-order valence-electron chi connectivity index (χ2n) is 3.89. The highest BCUT2D eigenvalue weighted by Crippen LogP contribution is 2.11. The molecule has 0 fully saturated rings. The Kier molecular flexibility index (Phi) is 6.18. The van der Waals surface area contributed by atoms with Gasteiger partial charge in [-0.1, -0.05) is 12.0 Å². The number of carbonyl (C=O) groups is 1. The predicted molar refractivity (Wildman–Crippen MR) is 74.5 cm³/mol. The number of nitrogens with one attached hydrogen (secondary N) is 2. The Labute approximate surface area is 118 Å². The van der Waals surface area contributed by atoms with Gasteiger partial charge in [-0.2, -0.15) is 4.72 Å². The molecule has 0 atom stereocenters. The summed E-state index contributed by atoms with van der Waals surface area (Å²) in [5, 5.41) is 11.2. The number of sulfonamides is 1. The maximum atomic E-state index is 11.9. The fraction of sp³-hybridized carbons (Fsp3) is 0.308. The van der Waals surface area contributed by atoms with Crippen molar-refractivity contribution in [2.45, 2.75) is 11.3 Å². The molecule has 0 bridgehead atoms. The Morgan fingerprint density at radius 2 is 2.15 bits per heavy atom. The van der Waals surface area contributed by atoms with E-state index < -0.39 is 15.9 Å². The molecule has 0 aliphatic carbocycles. The number of carbonyl (C=O) groups excluding carboxylic acids is 1. The molecule has 6 nitrogen and oxygen atoms in total. The fourth-order valence-corrected chi connectivity index (χ4v) is 2.39. The van der Waals surface area contributed by atoms with E-state index in [0.717, 1.165) is 0 Å². The molecule has 1 aromatic rings. The van der Waals surface area contributed by atoms with E-state index in [1.54, 1.807) is 0 Å². The summed E-state index contributed by atoms with van der Waals surface area (Å²) < 4.78 is 25.9. The highest BCUT2D eigenvalue weighted by atomic mass is 32.2. The highest BCUT2D eigenvalue weighted by Gasteiger charge is 2.15. The first kappa shape index (κ1) is 16.2. The molecule has 1 amide bonds. The van der Waals surface area contributed by atoms with Crippen molar-refractivity contribution >= 4 is 15.9 Å². The van der Waals surface area contributed by atoms with Crippen molar-refractivity contribution in [2.24, 2.45) is 0 Å². The summed E-state index contributed by atoms with van der Waals surface area (Å²) in [6, 6.07) is 5.64. The van der Waals surface area contributed by atoms with Crippen molar-refractivity contribution in [1.29, 1.82) is 0 Å². The molecule has 0 unspecified atom stereocenters. The average molecular weight is 296 g/mol. The quantitative estimate of drug-likeness (QED) is 0.476. The monoisotopic (exact) mass is 296 g/mol. The molecule has 0 heterocycles. The van der Waals surface area contributed by atoms with Gasteiger partial charge in [0.2, 0.25) is 10.0 Å². The minimum Gasteiger partial charge on any atom is -0.396 e. The zero-order valence-electron chi connectivity index (χ0n) is 10.8. The van der Waals surface area contributed by atoms with Crippen molar-refractivity contribution in [3.63, 3.8) is 0 Å². The van der Waals surface area contributed by atoms with E-state index in [9.17, 15) is 13.2 Å². The van der Waals surface area contributed by atoms with E-state index in [1.807, 2.05) is 0 Å². The van der Waals surface area contributed by atoms with Crippen LogP contribution in [-0.4, -0.2) is 39.1 Å². The molecule has 0 aliphatic rings. The number of aliphatic hydroxyl groups excluding tert-OH is 1. The lowest BCUT2D eigenvalue weighted by atomic mass is 10.2. The van der Waals surface area contributed by atoms with Gasteiger partial charge in [-0.15, -0.1) is 6.42 Å². The molecule has 1 rings (SSSR count). The van der Waals surface area contributed by atoms with Crippen LogP contribution < -0.4 is 10.0 Å². The van der Waals surface area contributed by atoms with Crippen LogP contribution >= 0.6 is 0 Å². The summed E-state index contributed by atoms with van der Waals surface area (Å²) in [6.45, 7) is 0.182. The molecule has 7 heteroatoms. The van der Waals surface area contributed by atoms with Crippen molar-refractivity contribution in [2.75, 3.05) is 19.7 Å². The Bertz CT molecular complexity index is 605. The first-order valence-electron chi connectivity index (χ1n) is 5.93. The number of terminal acetylenes is 1.